The molecule has 0 aromatic rings. The molecule has 1 saturated heterocycles. The van der Waals surface area contributed by atoms with Crippen LogP contribution in [0.15, 0.2) is 0 Å². The third-order valence-corrected chi connectivity index (χ3v) is 3.66. The molecule has 2 atom stereocenters. The van der Waals surface area contributed by atoms with Crippen molar-refractivity contribution in [3.8, 4) is 0 Å². The first-order valence-corrected chi connectivity index (χ1v) is 6.48. The maximum atomic E-state index is 12.2. The molecule has 0 aromatic carbocycles. The van der Waals surface area contributed by atoms with Gasteiger partial charge in [-0.2, -0.15) is 0 Å². The molecule has 1 fully saturated rings. The van der Waals surface area contributed by atoms with Crippen LogP contribution < -0.4 is 5.32 Å². The van der Waals surface area contributed by atoms with Gasteiger partial charge in [-0.25, -0.2) is 0 Å². The highest BCUT2D eigenvalue weighted by Gasteiger charge is 2.37. The lowest BCUT2D eigenvalue weighted by Crippen LogP contribution is -2.62. The number of hydrogen-bond donors (Lipinski definition) is 1. The lowest BCUT2D eigenvalue weighted by Gasteiger charge is -2.38. The Bertz CT molecular complexity index is 328. The second-order valence-corrected chi connectivity index (χ2v) is 5.39. The van der Waals surface area contributed by atoms with Crippen molar-refractivity contribution in [2.75, 3.05) is 13.7 Å². The van der Waals surface area contributed by atoms with Gasteiger partial charge in [0, 0.05) is 13.7 Å². The largest absolute Gasteiger partial charge is 0.379 e. The fourth-order valence-corrected chi connectivity index (χ4v) is 1.96. The zero-order chi connectivity index (χ0) is 13.9. The van der Waals surface area contributed by atoms with Crippen LogP contribution in [0.4, 0.5) is 0 Å². The van der Waals surface area contributed by atoms with E-state index in [4.69, 9.17) is 4.74 Å². The maximum Gasteiger partial charge on any atom is 0.245 e. The van der Waals surface area contributed by atoms with Crippen molar-refractivity contribution < 1.29 is 14.3 Å². The first-order chi connectivity index (χ1) is 8.32. The van der Waals surface area contributed by atoms with E-state index < -0.39 is 6.04 Å². The highest BCUT2D eigenvalue weighted by molar-refractivity contribution is 5.96. The van der Waals surface area contributed by atoms with E-state index in [-0.39, 0.29) is 23.5 Å². The molecule has 0 radical (unpaired) electrons. The number of hydrogen-bond acceptors (Lipinski definition) is 3. The normalized spacial score (nSPS) is 25.3. The van der Waals surface area contributed by atoms with E-state index in [1.54, 1.807) is 18.9 Å². The fourth-order valence-electron chi connectivity index (χ4n) is 1.96. The van der Waals surface area contributed by atoms with Gasteiger partial charge < -0.3 is 15.0 Å². The molecule has 0 bridgehead atoms. The van der Waals surface area contributed by atoms with E-state index in [9.17, 15) is 9.59 Å². The summed E-state index contributed by atoms with van der Waals surface area (Å²) in [4.78, 5) is 25.6. The van der Waals surface area contributed by atoms with Crippen molar-refractivity contribution in [1.29, 1.82) is 0 Å². The predicted molar refractivity (Wildman–Crippen MR) is 69.1 cm³/mol. The molecule has 1 rings (SSSR count). The molecule has 0 aliphatic carbocycles. The highest BCUT2D eigenvalue weighted by Crippen LogP contribution is 2.18. The molecule has 1 heterocycles. The van der Waals surface area contributed by atoms with E-state index in [0.29, 0.717) is 19.4 Å². The van der Waals surface area contributed by atoms with Gasteiger partial charge in [0.2, 0.25) is 11.8 Å². The Morgan fingerprint density at radius 1 is 1.39 bits per heavy atom. The molecule has 1 aliphatic heterocycles. The summed E-state index contributed by atoms with van der Waals surface area (Å²) in [6.07, 6.45) is 1.34. The SMILES string of the molecule is CCC1NC(=O)C(C)N(CCC(C)(C)OC)C1=O. The summed E-state index contributed by atoms with van der Waals surface area (Å²) in [6.45, 7) is 8.16. The first kappa shape index (κ1) is 15.0. The van der Waals surface area contributed by atoms with E-state index in [2.05, 4.69) is 5.32 Å². The van der Waals surface area contributed by atoms with Crippen molar-refractivity contribution >= 4 is 11.8 Å². The minimum absolute atomic E-state index is 0.0107. The standard InChI is InChI=1S/C13H24N2O3/c1-6-10-12(17)15(9(2)11(16)14-10)8-7-13(3,4)18-5/h9-10H,6-8H2,1-5H3,(H,14,16). The highest BCUT2D eigenvalue weighted by atomic mass is 16.5. The van der Waals surface area contributed by atoms with Gasteiger partial charge in [-0.05, 0) is 33.6 Å². The smallest absolute Gasteiger partial charge is 0.245 e. The zero-order valence-corrected chi connectivity index (χ0v) is 11.9. The Labute approximate surface area is 109 Å². The van der Waals surface area contributed by atoms with Gasteiger partial charge in [-0.3, -0.25) is 9.59 Å². The average molecular weight is 256 g/mol. The second-order valence-electron chi connectivity index (χ2n) is 5.39. The van der Waals surface area contributed by atoms with Crippen LogP contribution in [-0.4, -0.2) is 48.1 Å². The number of nitrogens with zero attached hydrogens (tertiary/aromatic N) is 1. The Morgan fingerprint density at radius 3 is 2.50 bits per heavy atom. The van der Waals surface area contributed by atoms with Crippen molar-refractivity contribution in [3.05, 3.63) is 0 Å². The fraction of sp³-hybridized carbons (Fsp3) is 0.846. The Balaban J connectivity index is 2.71. The van der Waals surface area contributed by atoms with Gasteiger partial charge in [0.15, 0.2) is 0 Å². The number of amides is 2. The molecule has 5 nitrogen and oxygen atoms in total. The molecule has 0 saturated carbocycles. The Hall–Kier alpha value is -1.10. The van der Waals surface area contributed by atoms with Crippen molar-refractivity contribution in [3.63, 3.8) is 0 Å². The number of ether oxygens (including phenoxy) is 1. The Kier molecular flexibility index (Phi) is 4.73. The number of carbonyl (C=O) groups excluding carboxylic acids is 2. The number of piperazine rings is 1. The monoisotopic (exact) mass is 256 g/mol. The van der Waals surface area contributed by atoms with Crippen molar-refractivity contribution in [1.82, 2.24) is 10.2 Å². The summed E-state index contributed by atoms with van der Waals surface area (Å²) >= 11 is 0. The van der Waals surface area contributed by atoms with Gasteiger partial charge in [-0.15, -0.1) is 0 Å². The summed E-state index contributed by atoms with van der Waals surface area (Å²) in [7, 11) is 1.66. The van der Waals surface area contributed by atoms with Gasteiger partial charge in [0.05, 0.1) is 5.60 Å². The third kappa shape index (κ3) is 3.22. The van der Waals surface area contributed by atoms with Gasteiger partial charge in [0.25, 0.3) is 0 Å². The molecular weight excluding hydrogens is 232 g/mol. The molecule has 104 valence electrons. The van der Waals surface area contributed by atoms with E-state index in [0.717, 1.165) is 0 Å². The molecule has 2 amide bonds. The number of carbonyl (C=O) groups is 2. The summed E-state index contributed by atoms with van der Waals surface area (Å²) in [6, 6.07) is -0.771. The number of rotatable bonds is 5. The predicted octanol–water partition coefficient (Wildman–Crippen LogP) is 0.927. The molecule has 5 heteroatoms. The van der Waals surface area contributed by atoms with Crippen molar-refractivity contribution in [2.24, 2.45) is 0 Å². The molecule has 0 spiro atoms. The Morgan fingerprint density at radius 2 is 2.00 bits per heavy atom. The van der Waals surface area contributed by atoms with Crippen LogP contribution in [0, 0.1) is 0 Å². The third-order valence-electron chi connectivity index (χ3n) is 3.66. The van der Waals surface area contributed by atoms with E-state index >= 15 is 0 Å². The molecule has 2 unspecified atom stereocenters. The van der Waals surface area contributed by atoms with Crippen LogP contribution in [-0.2, 0) is 14.3 Å². The topological polar surface area (TPSA) is 58.6 Å². The maximum absolute atomic E-state index is 12.2. The molecule has 1 aliphatic rings. The molecule has 18 heavy (non-hydrogen) atoms. The molecular formula is C13H24N2O3. The van der Waals surface area contributed by atoms with Crippen LogP contribution in [0.2, 0.25) is 0 Å². The summed E-state index contributed by atoms with van der Waals surface area (Å²) in [5.41, 5.74) is -0.282. The van der Waals surface area contributed by atoms with Gasteiger partial charge in [-0.1, -0.05) is 6.92 Å². The van der Waals surface area contributed by atoms with Gasteiger partial charge >= 0.3 is 0 Å². The first-order valence-electron chi connectivity index (χ1n) is 6.48. The summed E-state index contributed by atoms with van der Waals surface area (Å²) in [5.74, 6) is -0.0619. The quantitative estimate of drug-likeness (QED) is 0.796. The molecule has 1 N–H and O–H groups in total. The van der Waals surface area contributed by atoms with Crippen LogP contribution in [0.5, 0.6) is 0 Å². The molecule has 0 aromatic heterocycles. The lowest BCUT2D eigenvalue weighted by atomic mass is 10.0. The zero-order valence-electron chi connectivity index (χ0n) is 11.9. The van der Waals surface area contributed by atoms with Crippen LogP contribution in [0.1, 0.15) is 40.5 Å². The van der Waals surface area contributed by atoms with E-state index in [1.807, 2.05) is 20.8 Å². The van der Waals surface area contributed by atoms with E-state index in [1.165, 1.54) is 0 Å². The summed E-state index contributed by atoms with van der Waals surface area (Å²) in [5, 5.41) is 2.75. The summed E-state index contributed by atoms with van der Waals surface area (Å²) < 4.78 is 5.34. The second kappa shape index (κ2) is 5.69. The van der Waals surface area contributed by atoms with Crippen molar-refractivity contribution in [2.45, 2.75) is 58.2 Å². The van der Waals surface area contributed by atoms with Crippen LogP contribution in [0.25, 0.3) is 0 Å². The average Bonchev–Trinajstić information content (AvgIpc) is 2.33. The van der Waals surface area contributed by atoms with Crippen LogP contribution in [0.3, 0.4) is 0 Å². The van der Waals surface area contributed by atoms with Gasteiger partial charge in [0.1, 0.15) is 12.1 Å². The minimum atomic E-state index is -0.395. The van der Waals surface area contributed by atoms with Crippen LogP contribution >= 0.6 is 0 Å². The minimum Gasteiger partial charge on any atom is -0.379 e. The number of nitrogens with one attached hydrogen (secondary N) is 1. The lowest BCUT2D eigenvalue weighted by molar-refractivity contribution is -0.149. The number of methoxy groups -OCH3 is 1.